The van der Waals surface area contributed by atoms with E-state index in [9.17, 15) is 0 Å². The molecule has 112 valence electrons. The molecule has 1 aliphatic heterocycles. The normalized spacial score (nSPS) is 26.9. The van der Waals surface area contributed by atoms with Gasteiger partial charge in [0.1, 0.15) is 0 Å². The quantitative estimate of drug-likeness (QED) is 0.889. The Morgan fingerprint density at radius 2 is 2.05 bits per heavy atom. The molecule has 0 radical (unpaired) electrons. The van der Waals surface area contributed by atoms with E-state index < -0.39 is 0 Å². The lowest BCUT2D eigenvalue weighted by molar-refractivity contribution is 0.297. The summed E-state index contributed by atoms with van der Waals surface area (Å²) in [5, 5.41) is 4.22. The van der Waals surface area contributed by atoms with Crippen molar-refractivity contribution in [1.29, 1.82) is 0 Å². The van der Waals surface area contributed by atoms with Crippen molar-refractivity contribution in [3.63, 3.8) is 0 Å². The number of benzene rings is 1. The number of piperidine rings is 1. The molecule has 0 amide bonds. The summed E-state index contributed by atoms with van der Waals surface area (Å²) in [4.78, 5) is 2.48. The number of nitrogens with one attached hydrogen (secondary N) is 1. The molecule has 1 aliphatic rings. The van der Waals surface area contributed by atoms with Crippen LogP contribution in [0.5, 0.6) is 0 Å². The van der Waals surface area contributed by atoms with Gasteiger partial charge >= 0.3 is 0 Å². The predicted molar refractivity (Wildman–Crippen MR) is 88.6 cm³/mol. The first kappa shape index (κ1) is 15.7. The van der Waals surface area contributed by atoms with E-state index in [1.54, 1.807) is 0 Å². The van der Waals surface area contributed by atoms with Crippen LogP contribution in [0.25, 0.3) is 0 Å². The summed E-state index contributed by atoms with van der Waals surface area (Å²) in [7, 11) is 0. The van der Waals surface area contributed by atoms with Crippen molar-refractivity contribution in [2.75, 3.05) is 18.0 Å². The lowest BCUT2D eigenvalue weighted by Crippen LogP contribution is -2.46. The topological polar surface area (TPSA) is 15.3 Å². The van der Waals surface area contributed by atoms with Gasteiger partial charge in [-0.3, -0.25) is 0 Å². The Hall–Kier alpha value is -0.730. The zero-order chi connectivity index (χ0) is 14.7. The van der Waals surface area contributed by atoms with E-state index in [-0.39, 0.29) is 0 Å². The van der Waals surface area contributed by atoms with Crippen molar-refractivity contribution < 1.29 is 0 Å². The fourth-order valence-electron chi connectivity index (χ4n) is 3.20. The van der Waals surface area contributed by atoms with E-state index >= 15 is 0 Å². The maximum Gasteiger partial charge on any atom is 0.0642 e. The summed E-state index contributed by atoms with van der Waals surface area (Å²) in [6, 6.07) is 7.05. The van der Waals surface area contributed by atoms with Crippen LogP contribution < -0.4 is 10.2 Å². The molecule has 2 nitrogen and oxygen atoms in total. The van der Waals surface area contributed by atoms with Gasteiger partial charge in [-0.2, -0.15) is 0 Å². The minimum absolute atomic E-state index is 0.559. The molecule has 0 aliphatic carbocycles. The molecular weight excluding hydrogens is 268 g/mol. The minimum Gasteiger partial charge on any atom is -0.367 e. The van der Waals surface area contributed by atoms with Crippen LogP contribution in [0.3, 0.4) is 0 Å². The molecule has 1 aromatic carbocycles. The van der Waals surface area contributed by atoms with Crippen LogP contribution in [0, 0.1) is 11.8 Å². The first-order valence-corrected chi connectivity index (χ1v) is 8.16. The van der Waals surface area contributed by atoms with Gasteiger partial charge in [0.25, 0.3) is 0 Å². The van der Waals surface area contributed by atoms with Gasteiger partial charge in [-0.25, -0.2) is 0 Å². The average molecular weight is 295 g/mol. The number of halogens is 1. The largest absolute Gasteiger partial charge is 0.367 e. The first-order valence-electron chi connectivity index (χ1n) is 7.78. The maximum absolute atomic E-state index is 6.53. The van der Waals surface area contributed by atoms with E-state index in [2.05, 4.69) is 56.1 Å². The van der Waals surface area contributed by atoms with E-state index in [0.717, 1.165) is 36.5 Å². The standard InChI is InChI=1S/C17H27ClN2/c1-5-19-10-15-6-7-17(16(18)9-15)20-11-12(2)8-13(3)14(20)4/h6-7,9,12-14,19H,5,8,10-11H2,1-4H3. The molecule has 1 heterocycles. The van der Waals surface area contributed by atoms with Crippen LogP contribution in [0.15, 0.2) is 18.2 Å². The van der Waals surface area contributed by atoms with Crippen LogP contribution in [0.2, 0.25) is 5.02 Å². The smallest absolute Gasteiger partial charge is 0.0642 e. The number of rotatable bonds is 4. The fraction of sp³-hybridized carbons (Fsp3) is 0.647. The lowest BCUT2D eigenvalue weighted by atomic mass is 9.85. The second-order valence-electron chi connectivity index (χ2n) is 6.28. The summed E-state index contributed by atoms with van der Waals surface area (Å²) >= 11 is 6.53. The minimum atomic E-state index is 0.559. The summed E-state index contributed by atoms with van der Waals surface area (Å²) < 4.78 is 0. The number of hydrogen-bond donors (Lipinski definition) is 1. The van der Waals surface area contributed by atoms with Crippen molar-refractivity contribution in [2.24, 2.45) is 11.8 Å². The molecule has 0 spiro atoms. The Morgan fingerprint density at radius 1 is 1.30 bits per heavy atom. The molecule has 1 saturated heterocycles. The predicted octanol–water partition coefficient (Wildman–Crippen LogP) is 4.32. The number of nitrogens with zero attached hydrogens (tertiary/aromatic N) is 1. The molecule has 1 N–H and O–H groups in total. The van der Waals surface area contributed by atoms with Crippen molar-refractivity contribution in [2.45, 2.75) is 46.7 Å². The summed E-state index contributed by atoms with van der Waals surface area (Å²) in [5.41, 5.74) is 2.45. The summed E-state index contributed by atoms with van der Waals surface area (Å²) in [5.74, 6) is 1.45. The molecule has 1 fully saturated rings. The van der Waals surface area contributed by atoms with Crippen molar-refractivity contribution >= 4 is 17.3 Å². The van der Waals surface area contributed by atoms with Gasteiger partial charge < -0.3 is 10.2 Å². The molecule has 2 rings (SSSR count). The lowest BCUT2D eigenvalue weighted by Gasteiger charge is -2.43. The SMILES string of the molecule is CCNCc1ccc(N2CC(C)CC(C)C2C)c(Cl)c1. The highest BCUT2D eigenvalue weighted by Crippen LogP contribution is 2.35. The van der Waals surface area contributed by atoms with Crippen LogP contribution in [-0.2, 0) is 6.54 Å². The fourth-order valence-corrected chi connectivity index (χ4v) is 3.51. The van der Waals surface area contributed by atoms with Crippen LogP contribution in [0.1, 0.15) is 39.7 Å². The van der Waals surface area contributed by atoms with Crippen molar-refractivity contribution in [3.8, 4) is 0 Å². The maximum atomic E-state index is 6.53. The van der Waals surface area contributed by atoms with Crippen LogP contribution >= 0.6 is 11.6 Å². The second kappa shape index (κ2) is 6.82. The van der Waals surface area contributed by atoms with Gasteiger partial charge in [-0.05, 0) is 49.4 Å². The second-order valence-corrected chi connectivity index (χ2v) is 6.68. The average Bonchev–Trinajstić information content (AvgIpc) is 2.41. The van der Waals surface area contributed by atoms with E-state index in [1.807, 2.05) is 0 Å². The summed E-state index contributed by atoms with van der Waals surface area (Å²) in [6.45, 7) is 12.1. The number of hydrogen-bond acceptors (Lipinski definition) is 2. The third-order valence-electron chi connectivity index (χ3n) is 4.50. The monoisotopic (exact) mass is 294 g/mol. The van der Waals surface area contributed by atoms with Gasteiger partial charge in [0, 0.05) is 19.1 Å². The summed E-state index contributed by atoms with van der Waals surface area (Å²) in [6.07, 6.45) is 1.31. The van der Waals surface area contributed by atoms with Crippen LogP contribution in [0.4, 0.5) is 5.69 Å². The highest BCUT2D eigenvalue weighted by molar-refractivity contribution is 6.33. The van der Waals surface area contributed by atoms with Crippen molar-refractivity contribution in [1.82, 2.24) is 5.32 Å². The third-order valence-corrected chi connectivity index (χ3v) is 4.80. The first-order chi connectivity index (χ1) is 9.52. The highest BCUT2D eigenvalue weighted by atomic mass is 35.5. The Balaban J connectivity index is 2.19. The zero-order valence-corrected chi connectivity index (χ0v) is 13.9. The zero-order valence-electron chi connectivity index (χ0n) is 13.1. The van der Waals surface area contributed by atoms with Gasteiger partial charge in [0.05, 0.1) is 10.7 Å². The van der Waals surface area contributed by atoms with E-state index in [4.69, 9.17) is 11.6 Å². The van der Waals surface area contributed by atoms with E-state index in [1.165, 1.54) is 17.7 Å². The molecule has 3 atom stereocenters. The Morgan fingerprint density at radius 3 is 2.70 bits per heavy atom. The molecule has 3 unspecified atom stereocenters. The highest BCUT2D eigenvalue weighted by Gasteiger charge is 2.29. The number of anilines is 1. The van der Waals surface area contributed by atoms with Gasteiger partial charge in [0.15, 0.2) is 0 Å². The molecule has 0 bridgehead atoms. The van der Waals surface area contributed by atoms with Gasteiger partial charge in [0.2, 0.25) is 0 Å². The molecule has 20 heavy (non-hydrogen) atoms. The molecule has 3 heteroatoms. The molecule has 0 saturated carbocycles. The van der Waals surface area contributed by atoms with E-state index in [0.29, 0.717) is 6.04 Å². The molecular formula is C17H27ClN2. The van der Waals surface area contributed by atoms with Crippen LogP contribution in [-0.4, -0.2) is 19.1 Å². The Kier molecular flexibility index (Phi) is 5.34. The van der Waals surface area contributed by atoms with Gasteiger partial charge in [-0.15, -0.1) is 0 Å². The third kappa shape index (κ3) is 3.48. The molecule has 0 aromatic heterocycles. The Labute approximate surface area is 128 Å². The Bertz CT molecular complexity index is 447. The molecule has 1 aromatic rings. The van der Waals surface area contributed by atoms with Gasteiger partial charge in [-0.1, -0.05) is 38.4 Å². The van der Waals surface area contributed by atoms with Crippen molar-refractivity contribution in [3.05, 3.63) is 28.8 Å².